The van der Waals surface area contributed by atoms with E-state index >= 15 is 0 Å². The van der Waals surface area contributed by atoms with Crippen molar-refractivity contribution in [2.24, 2.45) is 0 Å². The molecule has 0 fully saturated rings. The first kappa shape index (κ1) is 9.90. The molecule has 0 aromatic heterocycles. The van der Waals surface area contributed by atoms with Crippen molar-refractivity contribution in [1.82, 2.24) is 0 Å². The molecule has 0 atom stereocenters. The van der Waals surface area contributed by atoms with Crippen molar-refractivity contribution < 1.29 is 8.88 Å². The summed E-state index contributed by atoms with van der Waals surface area (Å²) in [6.45, 7) is 0. The van der Waals surface area contributed by atoms with Gasteiger partial charge in [0.15, 0.2) is 0 Å². The summed E-state index contributed by atoms with van der Waals surface area (Å²) in [4.78, 5) is 0. The van der Waals surface area contributed by atoms with Crippen molar-refractivity contribution in [2.75, 3.05) is 0 Å². The second-order valence-electron chi connectivity index (χ2n) is 0.126. The van der Waals surface area contributed by atoms with Gasteiger partial charge in [-0.05, 0) is 0 Å². The van der Waals surface area contributed by atoms with Gasteiger partial charge in [0.2, 0.25) is 0 Å². The quantitative estimate of drug-likeness (QED) is 0.300. The molecule has 0 unspecified atom stereocenters. The maximum atomic E-state index is 4.33. The molecule has 0 amide bonds. The predicted octanol–water partition coefficient (Wildman–Crippen LogP) is 0.326. The van der Waals surface area contributed by atoms with Crippen molar-refractivity contribution in [3.8, 4) is 0 Å². The molecule has 0 bridgehead atoms. The van der Waals surface area contributed by atoms with Gasteiger partial charge >= 0.3 is 37.7 Å². The summed E-state index contributed by atoms with van der Waals surface area (Å²) < 4.78 is 6.56. The fraction of sp³-hybridized carbons (Fsp3) is 0. The van der Waals surface area contributed by atoms with Crippen molar-refractivity contribution in [3.05, 3.63) is 0 Å². The van der Waals surface area contributed by atoms with Crippen LogP contribution in [0, 0.1) is 0 Å². The zero-order valence-electron chi connectivity index (χ0n) is 1.57. The molecule has 30 valence electrons. The van der Waals surface area contributed by atoms with E-state index in [9.17, 15) is 0 Å². The van der Waals surface area contributed by atoms with Crippen LogP contribution < -0.4 is 0 Å². The van der Waals surface area contributed by atoms with Crippen LogP contribution in [0.3, 0.4) is 0 Å². The molecule has 5 heavy (non-hydrogen) atoms. The second-order valence-corrected chi connectivity index (χ2v) is 0.378. The number of hydrogen-bond acceptors (Lipinski definition) is 2. The first-order valence-electron chi connectivity index (χ1n) is 0.475. The Labute approximate surface area is 69.6 Å². The summed E-state index contributed by atoms with van der Waals surface area (Å²) in [7, 11) is 0. The molecule has 0 saturated heterocycles. The van der Waals surface area contributed by atoms with Crippen LogP contribution in [0.25, 0.3) is 0 Å². The maximum absolute atomic E-state index is 4.33. The third-order valence-corrected chi connectivity index (χ3v) is 0.214. The van der Waals surface area contributed by atoms with E-state index in [2.05, 4.69) is 32.6 Å². The molecule has 2 nitrogen and oxygen atoms in total. The minimum absolute atomic E-state index is 0. The van der Waals surface area contributed by atoms with E-state index in [0.717, 1.165) is 0 Å². The topological polar surface area (TPSA) is 18.5 Å². The van der Waals surface area contributed by atoms with E-state index in [1.807, 2.05) is 0 Å². The Bertz CT molecular complexity index is 9.61. The molecule has 0 aliphatic carbocycles. The molecule has 0 aliphatic heterocycles. The Morgan fingerprint density at radius 2 is 1.20 bits per heavy atom. The van der Waals surface area contributed by atoms with Crippen molar-refractivity contribution in [3.63, 3.8) is 0 Å². The molecule has 0 spiro atoms. The van der Waals surface area contributed by atoms with Crippen molar-refractivity contribution in [2.45, 2.75) is 0 Å². The van der Waals surface area contributed by atoms with Gasteiger partial charge in [-0.3, -0.25) is 0 Å². The molecule has 5 heteroatoms. The fourth-order valence-corrected chi connectivity index (χ4v) is 0. The zero-order chi connectivity index (χ0) is 3.41. The molecule has 0 N–H and O–H groups in total. The summed E-state index contributed by atoms with van der Waals surface area (Å²) in [5.41, 5.74) is 0. The summed E-state index contributed by atoms with van der Waals surface area (Å²) in [6, 6.07) is 0. The van der Waals surface area contributed by atoms with Crippen LogP contribution in [-0.4, -0.2) is 37.7 Å². The van der Waals surface area contributed by atoms with Gasteiger partial charge in [-0.25, -0.2) is 0 Å². The monoisotopic (exact) mass is 144 g/mol. The van der Waals surface area contributed by atoms with Crippen LogP contribution in [0.2, 0.25) is 0 Å². The van der Waals surface area contributed by atoms with Gasteiger partial charge in [0, 0.05) is 0 Å². The van der Waals surface area contributed by atoms with E-state index < -0.39 is 0 Å². The van der Waals surface area contributed by atoms with E-state index in [1.54, 1.807) is 0 Å². The van der Waals surface area contributed by atoms with Crippen molar-refractivity contribution >= 4 is 61.5 Å². The zero-order valence-corrected chi connectivity index (χ0v) is 3.08. The van der Waals surface area contributed by atoms with Crippen molar-refractivity contribution in [1.29, 1.82) is 0 Å². The number of rotatable bonds is 1. The third kappa shape index (κ3) is 10.7. The normalized spacial score (nSPS) is 6.00. The molecule has 0 aliphatic rings. The Morgan fingerprint density at radius 3 is 1.20 bits per heavy atom. The third-order valence-electron chi connectivity index (χ3n) is 0.0238. The first-order valence-corrected chi connectivity index (χ1v) is 1.09. The number of halogens is 2. The molecular formula is H2CaCl2O2. The van der Waals surface area contributed by atoms with E-state index in [4.69, 9.17) is 0 Å². The summed E-state index contributed by atoms with van der Waals surface area (Å²) in [5.74, 6) is 0. The van der Waals surface area contributed by atoms with Gasteiger partial charge in [0.05, 0.1) is 0 Å². The SMILES string of the molecule is ClOOCl.[CaH2]. The van der Waals surface area contributed by atoms with E-state index in [0.29, 0.717) is 0 Å². The molecular weight excluding hydrogens is 143 g/mol. The van der Waals surface area contributed by atoms with Crippen LogP contribution in [-0.2, 0) is 8.88 Å². The summed E-state index contributed by atoms with van der Waals surface area (Å²) >= 11 is 8.66. The average Bonchev–Trinajstić information content (AvgIpc) is 1.37. The molecule has 0 saturated carbocycles. The molecule has 0 rings (SSSR count). The van der Waals surface area contributed by atoms with Gasteiger partial charge in [-0.1, -0.05) is 0 Å². The minimum atomic E-state index is 0. The molecule has 0 aromatic carbocycles. The van der Waals surface area contributed by atoms with Crippen LogP contribution in [0.1, 0.15) is 0 Å². The Morgan fingerprint density at radius 1 is 1.00 bits per heavy atom. The number of hydrogen-bond donors (Lipinski definition) is 0. The average molecular weight is 145 g/mol. The first-order chi connectivity index (χ1) is 1.91. The molecule has 0 radical (unpaired) electrons. The Kier molecular flexibility index (Phi) is 18.3. The van der Waals surface area contributed by atoms with Gasteiger partial charge in [-0.2, -0.15) is 0 Å². The van der Waals surface area contributed by atoms with Gasteiger partial charge in [-0.15, -0.1) is 8.88 Å². The predicted molar refractivity (Wildman–Crippen MR) is 22.4 cm³/mol. The summed E-state index contributed by atoms with van der Waals surface area (Å²) in [6.07, 6.45) is 0. The standard InChI is InChI=1S/Ca.Cl2O2.2H/c;1-3-4-2;;. The second kappa shape index (κ2) is 9.23. The van der Waals surface area contributed by atoms with Crippen LogP contribution in [0.5, 0.6) is 0 Å². The summed E-state index contributed by atoms with van der Waals surface area (Å²) in [5, 5.41) is 0. The van der Waals surface area contributed by atoms with Crippen LogP contribution >= 0.6 is 23.7 Å². The fourth-order valence-electron chi connectivity index (χ4n) is 0. The van der Waals surface area contributed by atoms with Gasteiger partial charge < -0.3 is 0 Å². The Balaban J connectivity index is 0. The van der Waals surface area contributed by atoms with Gasteiger partial charge in [0.1, 0.15) is 23.7 Å². The molecule has 0 aromatic rings. The van der Waals surface area contributed by atoms with E-state index in [-0.39, 0.29) is 37.7 Å². The van der Waals surface area contributed by atoms with Crippen LogP contribution in [0.15, 0.2) is 0 Å². The van der Waals surface area contributed by atoms with Crippen LogP contribution in [0.4, 0.5) is 0 Å². The van der Waals surface area contributed by atoms with E-state index in [1.165, 1.54) is 0 Å². The van der Waals surface area contributed by atoms with Gasteiger partial charge in [0.25, 0.3) is 0 Å². The Hall–Kier alpha value is 1.76. The molecule has 0 heterocycles.